The highest BCUT2D eigenvalue weighted by molar-refractivity contribution is 5.53. The van der Waals surface area contributed by atoms with Gasteiger partial charge in [0.2, 0.25) is 0 Å². The van der Waals surface area contributed by atoms with Crippen LogP contribution in [0.15, 0.2) is 30.5 Å². The van der Waals surface area contributed by atoms with Gasteiger partial charge in [-0.05, 0) is 18.2 Å². The van der Waals surface area contributed by atoms with E-state index in [-0.39, 0.29) is 11.4 Å². The van der Waals surface area contributed by atoms with Crippen molar-refractivity contribution >= 4 is 5.69 Å². The maximum absolute atomic E-state index is 12.8. The second-order valence-corrected chi connectivity index (χ2v) is 3.51. The molecule has 1 heterocycles. The number of nitrogens with two attached hydrogens (primary N) is 1. The highest BCUT2D eigenvalue weighted by Gasteiger charge is 2.33. The second kappa shape index (κ2) is 4.71. The molecule has 0 spiro atoms. The summed E-state index contributed by atoms with van der Waals surface area (Å²) in [6.07, 6.45) is -3.69. The Bertz CT molecular complexity index is 601. The number of nitrogens with zero attached hydrogens (tertiary/aromatic N) is 2. The Morgan fingerprint density at radius 1 is 1.16 bits per heavy atom. The third kappa shape index (κ3) is 3.09. The Morgan fingerprint density at radius 2 is 1.89 bits per heavy atom. The van der Waals surface area contributed by atoms with E-state index in [1.165, 1.54) is 6.07 Å². The molecular formula is C11H7F4N3O. The Balaban J connectivity index is 2.29. The van der Waals surface area contributed by atoms with Gasteiger partial charge in [0.1, 0.15) is 5.82 Å². The fraction of sp³-hybridized carbons (Fsp3) is 0.0909. The first kappa shape index (κ1) is 13.1. The third-order valence-electron chi connectivity index (χ3n) is 2.10. The molecule has 2 N–H and O–H groups in total. The monoisotopic (exact) mass is 273 g/mol. The van der Waals surface area contributed by atoms with E-state index in [9.17, 15) is 17.6 Å². The van der Waals surface area contributed by atoms with E-state index in [0.717, 1.165) is 18.3 Å². The zero-order chi connectivity index (χ0) is 14.0. The summed E-state index contributed by atoms with van der Waals surface area (Å²) in [5.41, 5.74) is 4.24. The molecule has 8 heteroatoms. The van der Waals surface area contributed by atoms with Crippen LogP contribution in [0.3, 0.4) is 0 Å². The predicted octanol–water partition coefficient (Wildman–Crippen LogP) is 3.01. The van der Waals surface area contributed by atoms with Crippen LogP contribution in [-0.2, 0) is 6.18 Å². The highest BCUT2D eigenvalue weighted by Crippen LogP contribution is 2.30. The minimum absolute atomic E-state index is 0.0271. The molecule has 1 aromatic heterocycles. The summed E-state index contributed by atoms with van der Waals surface area (Å²) in [7, 11) is 0. The first-order chi connectivity index (χ1) is 8.86. The number of ether oxygens (including phenoxy) is 1. The maximum Gasteiger partial charge on any atom is 0.433 e. The van der Waals surface area contributed by atoms with Crippen molar-refractivity contribution in [3.8, 4) is 11.8 Å². The van der Waals surface area contributed by atoms with Gasteiger partial charge >= 0.3 is 12.2 Å². The Labute approximate surface area is 104 Å². The standard InChI is InChI=1S/C11H7F4N3O/c12-6-1-2-8(7(16)5-6)19-10-17-4-3-9(18-10)11(13,14)15/h1-5H,16H2. The molecule has 0 fully saturated rings. The number of alkyl halides is 3. The van der Waals surface area contributed by atoms with Crippen LogP contribution in [0.2, 0.25) is 0 Å². The van der Waals surface area contributed by atoms with Crippen molar-refractivity contribution in [3.63, 3.8) is 0 Å². The largest absolute Gasteiger partial charge is 0.433 e. The molecular weight excluding hydrogens is 266 g/mol. The molecule has 0 amide bonds. The smallest absolute Gasteiger partial charge is 0.422 e. The number of benzene rings is 1. The van der Waals surface area contributed by atoms with Crippen LogP contribution in [0.4, 0.5) is 23.2 Å². The number of anilines is 1. The summed E-state index contributed by atoms with van der Waals surface area (Å²) in [6.45, 7) is 0. The number of aromatic nitrogens is 2. The van der Waals surface area contributed by atoms with Crippen molar-refractivity contribution in [1.29, 1.82) is 0 Å². The van der Waals surface area contributed by atoms with Crippen LogP contribution in [0.25, 0.3) is 0 Å². The Hall–Kier alpha value is -2.38. The summed E-state index contributed by atoms with van der Waals surface area (Å²) < 4.78 is 55.0. The summed E-state index contributed by atoms with van der Waals surface area (Å²) in [5.74, 6) is -0.615. The van der Waals surface area contributed by atoms with Crippen molar-refractivity contribution in [3.05, 3.63) is 42.0 Å². The number of rotatable bonds is 2. The van der Waals surface area contributed by atoms with Gasteiger partial charge in [-0.15, -0.1) is 0 Å². The molecule has 0 atom stereocenters. The molecule has 1 aromatic carbocycles. The molecule has 0 aliphatic rings. The first-order valence-corrected chi connectivity index (χ1v) is 4.99. The van der Waals surface area contributed by atoms with Gasteiger partial charge in [-0.2, -0.15) is 18.2 Å². The lowest BCUT2D eigenvalue weighted by molar-refractivity contribution is -0.141. The average molecular weight is 273 g/mol. The molecule has 0 saturated heterocycles. The van der Waals surface area contributed by atoms with E-state index >= 15 is 0 Å². The third-order valence-corrected chi connectivity index (χ3v) is 2.10. The zero-order valence-corrected chi connectivity index (χ0v) is 9.28. The van der Waals surface area contributed by atoms with Crippen LogP contribution in [-0.4, -0.2) is 9.97 Å². The van der Waals surface area contributed by atoms with Gasteiger partial charge in [0.05, 0.1) is 5.69 Å². The van der Waals surface area contributed by atoms with Gasteiger partial charge < -0.3 is 10.5 Å². The van der Waals surface area contributed by atoms with E-state index in [1.54, 1.807) is 0 Å². The molecule has 19 heavy (non-hydrogen) atoms. The summed E-state index contributed by atoms with van der Waals surface area (Å²) >= 11 is 0. The van der Waals surface area contributed by atoms with Crippen molar-refractivity contribution in [2.45, 2.75) is 6.18 Å². The lowest BCUT2D eigenvalue weighted by Gasteiger charge is -2.09. The van der Waals surface area contributed by atoms with Crippen LogP contribution in [0.1, 0.15) is 5.69 Å². The van der Waals surface area contributed by atoms with E-state index in [2.05, 4.69) is 9.97 Å². The summed E-state index contributed by atoms with van der Waals surface area (Å²) in [5, 5.41) is 0. The van der Waals surface area contributed by atoms with Crippen LogP contribution in [0.5, 0.6) is 11.8 Å². The lowest BCUT2D eigenvalue weighted by Crippen LogP contribution is -2.09. The van der Waals surface area contributed by atoms with Crippen molar-refractivity contribution < 1.29 is 22.3 Å². The van der Waals surface area contributed by atoms with E-state index in [4.69, 9.17) is 10.5 Å². The van der Waals surface area contributed by atoms with Crippen molar-refractivity contribution in [2.24, 2.45) is 0 Å². The topological polar surface area (TPSA) is 61.0 Å². The fourth-order valence-corrected chi connectivity index (χ4v) is 1.26. The Morgan fingerprint density at radius 3 is 2.53 bits per heavy atom. The quantitative estimate of drug-likeness (QED) is 0.675. The summed E-state index contributed by atoms with van der Waals surface area (Å²) in [6, 6.07) is 3.39. The maximum atomic E-state index is 12.8. The molecule has 0 bridgehead atoms. The number of halogens is 4. The van der Waals surface area contributed by atoms with Crippen LogP contribution >= 0.6 is 0 Å². The molecule has 0 aliphatic heterocycles. The number of hydrogen-bond acceptors (Lipinski definition) is 4. The van der Waals surface area contributed by atoms with E-state index in [1.807, 2.05) is 0 Å². The molecule has 2 rings (SSSR count). The minimum atomic E-state index is -4.60. The minimum Gasteiger partial charge on any atom is -0.422 e. The van der Waals surface area contributed by atoms with Crippen molar-refractivity contribution in [2.75, 3.05) is 5.73 Å². The van der Waals surface area contributed by atoms with E-state index < -0.39 is 23.7 Å². The molecule has 100 valence electrons. The van der Waals surface area contributed by atoms with Gasteiger partial charge in [-0.1, -0.05) is 0 Å². The van der Waals surface area contributed by atoms with Gasteiger partial charge in [0, 0.05) is 12.3 Å². The fourth-order valence-electron chi connectivity index (χ4n) is 1.26. The van der Waals surface area contributed by atoms with Crippen LogP contribution < -0.4 is 10.5 Å². The normalized spacial score (nSPS) is 11.4. The van der Waals surface area contributed by atoms with Crippen LogP contribution in [0, 0.1) is 5.82 Å². The number of hydrogen-bond donors (Lipinski definition) is 1. The van der Waals surface area contributed by atoms with Gasteiger partial charge in [-0.3, -0.25) is 0 Å². The SMILES string of the molecule is Nc1cc(F)ccc1Oc1nccc(C(F)(F)F)n1. The summed E-state index contributed by atoms with van der Waals surface area (Å²) in [4.78, 5) is 6.72. The number of nitrogen functional groups attached to an aromatic ring is 1. The predicted molar refractivity (Wildman–Crippen MR) is 57.9 cm³/mol. The Kier molecular flexibility index (Phi) is 3.24. The molecule has 0 saturated carbocycles. The van der Waals surface area contributed by atoms with Crippen molar-refractivity contribution in [1.82, 2.24) is 9.97 Å². The molecule has 2 aromatic rings. The molecule has 0 aliphatic carbocycles. The molecule has 0 radical (unpaired) electrons. The first-order valence-electron chi connectivity index (χ1n) is 4.99. The zero-order valence-electron chi connectivity index (χ0n) is 9.28. The van der Waals surface area contributed by atoms with Gasteiger partial charge in [0.25, 0.3) is 0 Å². The molecule has 4 nitrogen and oxygen atoms in total. The van der Waals surface area contributed by atoms with E-state index in [0.29, 0.717) is 6.07 Å². The van der Waals surface area contributed by atoms with Gasteiger partial charge in [-0.25, -0.2) is 9.37 Å². The second-order valence-electron chi connectivity index (χ2n) is 3.51. The highest BCUT2D eigenvalue weighted by atomic mass is 19.4. The van der Waals surface area contributed by atoms with Gasteiger partial charge in [0.15, 0.2) is 11.4 Å². The lowest BCUT2D eigenvalue weighted by atomic mass is 10.3. The molecule has 0 unspecified atom stereocenters. The average Bonchev–Trinajstić information content (AvgIpc) is 2.32.